The van der Waals surface area contributed by atoms with Crippen molar-refractivity contribution < 1.29 is 9.21 Å². The molecule has 0 spiro atoms. The van der Waals surface area contributed by atoms with Crippen LogP contribution in [0.3, 0.4) is 0 Å². The SMILES string of the molecule is O=C(NCCc1coc2ccccc12)c1ccc(Br)cc1. The zero-order valence-electron chi connectivity index (χ0n) is 11.3. The second-order valence-electron chi connectivity index (χ2n) is 4.77. The topological polar surface area (TPSA) is 42.2 Å². The highest BCUT2D eigenvalue weighted by Gasteiger charge is 2.07. The van der Waals surface area contributed by atoms with Gasteiger partial charge in [-0.3, -0.25) is 4.79 Å². The lowest BCUT2D eigenvalue weighted by atomic mass is 10.1. The number of amides is 1. The molecule has 3 nitrogen and oxygen atoms in total. The summed E-state index contributed by atoms with van der Waals surface area (Å²) in [4.78, 5) is 12.0. The highest BCUT2D eigenvalue weighted by Crippen LogP contribution is 2.20. The van der Waals surface area contributed by atoms with Gasteiger partial charge in [0.15, 0.2) is 0 Å². The molecule has 2 aromatic carbocycles. The van der Waals surface area contributed by atoms with Gasteiger partial charge in [-0.25, -0.2) is 0 Å². The van der Waals surface area contributed by atoms with Crippen LogP contribution in [0.1, 0.15) is 15.9 Å². The van der Waals surface area contributed by atoms with Crippen LogP contribution in [0, 0.1) is 0 Å². The van der Waals surface area contributed by atoms with Crippen molar-refractivity contribution in [2.45, 2.75) is 6.42 Å². The normalized spacial score (nSPS) is 10.7. The third-order valence-electron chi connectivity index (χ3n) is 3.35. The molecular formula is C17H14BrNO2. The number of furan rings is 1. The third kappa shape index (κ3) is 3.16. The van der Waals surface area contributed by atoms with E-state index in [-0.39, 0.29) is 5.91 Å². The van der Waals surface area contributed by atoms with Crippen LogP contribution in [0.15, 0.2) is 63.7 Å². The summed E-state index contributed by atoms with van der Waals surface area (Å²) in [6.07, 6.45) is 2.51. The number of para-hydroxylation sites is 1. The summed E-state index contributed by atoms with van der Waals surface area (Å²) in [6, 6.07) is 15.2. The molecule has 1 heterocycles. The number of halogens is 1. The van der Waals surface area contributed by atoms with E-state index < -0.39 is 0 Å². The van der Waals surface area contributed by atoms with Crippen LogP contribution in [0.4, 0.5) is 0 Å². The van der Waals surface area contributed by atoms with Crippen molar-refractivity contribution in [2.75, 3.05) is 6.54 Å². The van der Waals surface area contributed by atoms with Crippen LogP contribution in [0.5, 0.6) is 0 Å². The molecule has 106 valence electrons. The number of hydrogen-bond donors (Lipinski definition) is 1. The van der Waals surface area contributed by atoms with Gasteiger partial charge in [-0.2, -0.15) is 0 Å². The molecule has 0 aliphatic carbocycles. The van der Waals surface area contributed by atoms with Crippen LogP contribution in [0.25, 0.3) is 11.0 Å². The van der Waals surface area contributed by atoms with Gasteiger partial charge in [0.1, 0.15) is 5.58 Å². The molecule has 0 aliphatic heterocycles. The van der Waals surface area contributed by atoms with Gasteiger partial charge in [0, 0.05) is 22.0 Å². The summed E-state index contributed by atoms with van der Waals surface area (Å²) in [7, 11) is 0. The van der Waals surface area contributed by atoms with Gasteiger partial charge in [0.2, 0.25) is 0 Å². The molecule has 0 radical (unpaired) electrons. The molecule has 0 unspecified atom stereocenters. The first-order valence-electron chi connectivity index (χ1n) is 6.73. The standard InChI is InChI=1S/C17H14BrNO2/c18-14-7-5-12(6-8-14)17(20)19-10-9-13-11-21-16-4-2-1-3-15(13)16/h1-8,11H,9-10H2,(H,19,20). The number of rotatable bonds is 4. The van der Waals surface area contributed by atoms with Crippen molar-refractivity contribution in [1.82, 2.24) is 5.32 Å². The highest BCUT2D eigenvalue weighted by atomic mass is 79.9. The molecule has 0 saturated heterocycles. The Hall–Kier alpha value is -2.07. The Morgan fingerprint density at radius 3 is 2.67 bits per heavy atom. The molecule has 0 atom stereocenters. The van der Waals surface area contributed by atoms with Gasteiger partial charge in [-0.05, 0) is 42.3 Å². The van der Waals surface area contributed by atoms with Crippen LogP contribution in [-0.4, -0.2) is 12.5 Å². The smallest absolute Gasteiger partial charge is 0.251 e. The molecular weight excluding hydrogens is 330 g/mol. The van der Waals surface area contributed by atoms with Crippen molar-refractivity contribution >= 4 is 32.8 Å². The van der Waals surface area contributed by atoms with Gasteiger partial charge < -0.3 is 9.73 Å². The van der Waals surface area contributed by atoms with Crippen LogP contribution in [-0.2, 0) is 6.42 Å². The molecule has 0 bridgehead atoms. The van der Waals surface area contributed by atoms with E-state index in [1.807, 2.05) is 36.4 Å². The van der Waals surface area contributed by atoms with Gasteiger partial charge in [0.25, 0.3) is 5.91 Å². The van der Waals surface area contributed by atoms with Gasteiger partial charge in [-0.15, -0.1) is 0 Å². The maximum atomic E-state index is 12.0. The van der Waals surface area contributed by atoms with E-state index in [2.05, 4.69) is 21.2 Å². The second kappa shape index (κ2) is 6.14. The first kappa shape index (κ1) is 13.9. The largest absolute Gasteiger partial charge is 0.464 e. The monoisotopic (exact) mass is 343 g/mol. The predicted molar refractivity (Wildman–Crippen MR) is 86.4 cm³/mol. The van der Waals surface area contributed by atoms with Crippen LogP contribution < -0.4 is 5.32 Å². The van der Waals surface area contributed by atoms with Gasteiger partial charge >= 0.3 is 0 Å². The number of fused-ring (bicyclic) bond motifs is 1. The van der Waals surface area contributed by atoms with Gasteiger partial charge in [-0.1, -0.05) is 34.1 Å². The average Bonchev–Trinajstić information content (AvgIpc) is 2.91. The third-order valence-corrected chi connectivity index (χ3v) is 3.88. The van der Waals surface area contributed by atoms with Crippen molar-refractivity contribution in [3.63, 3.8) is 0 Å². The van der Waals surface area contributed by atoms with E-state index in [0.717, 1.165) is 27.4 Å². The van der Waals surface area contributed by atoms with Crippen molar-refractivity contribution in [3.05, 3.63) is 70.4 Å². The van der Waals surface area contributed by atoms with Crippen molar-refractivity contribution in [2.24, 2.45) is 0 Å². The Labute approximate surface area is 131 Å². The number of carbonyl (C=O) groups excluding carboxylic acids is 1. The average molecular weight is 344 g/mol. The molecule has 1 amide bonds. The number of benzene rings is 2. The fraction of sp³-hybridized carbons (Fsp3) is 0.118. The lowest BCUT2D eigenvalue weighted by Crippen LogP contribution is -2.25. The van der Waals surface area contributed by atoms with Crippen LogP contribution in [0.2, 0.25) is 0 Å². The van der Waals surface area contributed by atoms with E-state index in [1.54, 1.807) is 18.4 Å². The number of carbonyl (C=O) groups is 1. The Bertz CT molecular complexity index is 762. The second-order valence-corrected chi connectivity index (χ2v) is 5.69. The maximum Gasteiger partial charge on any atom is 0.251 e. The van der Waals surface area contributed by atoms with Gasteiger partial charge in [0.05, 0.1) is 6.26 Å². The quantitative estimate of drug-likeness (QED) is 0.772. The lowest BCUT2D eigenvalue weighted by Gasteiger charge is -2.04. The van der Waals surface area contributed by atoms with E-state index in [0.29, 0.717) is 12.1 Å². The molecule has 0 fully saturated rings. The highest BCUT2D eigenvalue weighted by molar-refractivity contribution is 9.10. The Kier molecular flexibility index (Phi) is 4.06. The first-order chi connectivity index (χ1) is 10.2. The summed E-state index contributed by atoms with van der Waals surface area (Å²) in [5, 5.41) is 4.03. The number of nitrogens with one attached hydrogen (secondary N) is 1. The molecule has 0 aliphatic rings. The lowest BCUT2D eigenvalue weighted by molar-refractivity contribution is 0.0954. The zero-order valence-corrected chi connectivity index (χ0v) is 12.9. The summed E-state index contributed by atoms with van der Waals surface area (Å²) < 4.78 is 6.45. The Morgan fingerprint density at radius 1 is 1.10 bits per heavy atom. The molecule has 4 heteroatoms. The minimum Gasteiger partial charge on any atom is -0.464 e. The molecule has 1 N–H and O–H groups in total. The fourth-order valence-electron chi connectivity index (χ4n) is 2.24. The summed E-state index contributed by atoms with van der Waals surface area (Å²) >= 11 is 3.35. The molecule has 21 heavy (non-hydrogen) atoms. The first-order valence-corrected chi connectivity index (χ1v) is 7.52. The van der Waals surface area contributed by atoms with E-state index in [4.69, 9.17) is 4.42 Å². The summed E-state index contributed by atoms with van der Waals surface area (Å²) in [6.45, 7) is 0.582. The van der Waals surface area contributed by atoms with E-state index >= 15 is 0 Å². The predicted octanol–water partition coefficient (Wildman–Crippen LogP) is 4.17. The molecule has 3 rings (SSSR count). The molecule has 0 saturated carbocycles. The minimum absolute atomic E-state index is 0.0599. The van der Waals surface area contributed by atoms with E-state index in [9.17, 15) is 4.79 Å². The zero-order chi connectivity index (χ0) is 14.7. The van der Waals surface area contributed by atoms with Crippen LogP contribution >= 0.6 is 15.9 Å². The molecule has 3 aromatic rings. The molecule has 1 aromatic heterocycles. The minimum atomic E-state index is -0.0599. The fourth-order valence-corrected chi connectivity index (χ4v) is 2.50. The number of hydrogen-bond acceptors (Lipinski definition) is 2. The summed E-state index contributed by atoms with van der Waals surface area (Å²) in [5.41, 5.74) is 2.66. The Balaban J connectivity index is 1.61. The van der Waals surface area contributed by atoms with Crippen molar-refractivity contribution in [3.8, 4) is 0 Å². The van der Waals surface area contributed by atoms with E-state index in [1.165, 1.54) is 0 Å². The maximum absolute atomic E-state index is 12.0. The van der Waals surface area contributed by atoms with Crippen molar-refractivity contribution in [1.29, 1.82) is 0 Å². The Morgan fingerprint density at radius 2 is 1.86 bits per heavy atom. The summed E-state index contributed by atoms with van der Waals surface area (Å²) in [5.74, 6) is -0.0599.